The molecular weight excluding hydrogens is 223 g/mol. The lowest BCUT2D eigenvalue weighted by Crippen LogP contribution is -2.05. The zero-order chi connectivity index (χ0) is 10.6. The summed E-state index contributed by atoms with van der Waals surface area (Å²) in [5.41, 5.74) is 0. The van der Waals surface area contributed by atoms with Gasteiger partial charge in [0, 0.05) is 11.3 Å². The first kappa shape index (κ1) is 11.6. The van der Waals surface area contributed by atoms with Gasteiger partial charge in [0.25, 0.3) is 0 Å². The number of hydrogen-bond acceptors (Lipinski definition) is 3. The van der Waals surface area contributed by atoms with Crippen molar-refractivity contribution in [1.29, 1.82) is 0 Å². The minimum atomic E-state index is -4.17. The van der Waals surface area contributed by atoms with Crippen LogP contribution in [-0.2, 0) is 15.8 Å². The van der Waals surface area contributed by atoms with Crippen molar-refractivity contribution in [2.45, 2.75) is 12.8 Å². The Kier molecular flexibility index (Phi) is 4.01. The minimum absolute atomic E-state index is 0.200. The quantitative estimate of drug-likeness (QED) is 0.756. The fraction of sp³-hybridized carbons (Fsp3) is 0.375. The molecule has 1 heterocycles. The Balaban J connectivity index is 2.32. The van der Waals surface area contributed by atoms with Crippen molar-refractivity contribution in [3.63, 3.8) is 0 Å². The maximum absolute atomic E-state index is 11.1. The van der Waals surface area contributed by atoms with Gasteiger partial charge in [-0.1, -0.05) is 6.07 Å². The van der Waals surface area contributed by atoms with Crippen LogP contribution in [0.3, 0.4) is 0 Å². The predicted octanol–water partition coefficient (Wildman–Crippen LogP) is 1.43. The second-order valence-electron chi connectivity index (χ2n) is 2.94. The molecule has 1 rings (SSSR count). The van der Waals surface area contributed by atoms with Crippen LogP contribution in [0.1, 0.15) is 11.3 Å². The van der Waals surface area contributed by atoms with Crippen molar-refractivity contribution >= 4 is 24.7 Å². The molecule has 1 aromatic heterocycles. The number of carbonyl (C=O) groups is 1. The second-order valence-corrected chi connectivity index (χ2v) is 5.62. The summed E-state index contributed by atoms with van der Waals surface area (Å²) in [6.45, 7) is 0. The molecule has 0 aliphatic rings. The minimum Gasteiger partial charge on any atom is -0.324 e. The number of carbonyl (C=O) groups excluding carboxylic acids is 1. The van der Waals surface area contributed by atoms with Crippen LogP contribution in [0.2, 0.25) is 0 Å². The summed E-state index contributed by atoms with van der Waals surface area (Å²) in [6.07, 6.45) is 0.125. The van der Waals surface area contributed by atoms with Crippen LogP contribution in [0.4, 0.5) is 0 Å². The Morgan fingerprint density at radius 2 is 2.21 bits per heavy atom. The Morgan fingerprint density at radius 1 is 1.50 bits per heavy atom. The molecule has 4 nitrogen and oxygen atoms in total. The molecule has 2 N–H and O–H groups in total. The fourth-order valence-corrected chi connectivity index (χ4v) is 2.35. The zero-order valence-electron chi connectivity index (χ0n) is 7.42. The largest absolute Gasteiger partial charge is 0.332 e. The van der Waals surface area contributed by atoms with E-state index in [1.807, 2.05) is 17.5 Å². The van der Waals surface area contributed by atoms with Crippen molar-refractivity contribution in [3.05, 3.63) is 22.4 Å². The molecule has 1 aromatic rings. The van der Waals surface area contributed by atoms with Crippen molar-refractivity contribution in [1.82, 2.24) is 0 Å². The summed E-state index contributed by atoms with van der Waals surface area (Å²) in [5, 5.41) is 1.91. The Bertz CT molecular complexity index is 340. The molecule has 78 valence electrons. The molecule has 0 spiro atoms. The maximum Gasteiger partial charge on any atom is 0.332 e. The van der Waals surface area contributed by atoms with Gasteiger partial charge < -0.3 is 9.79 Å². The Hall–Kier alpha value is -0.480. The topological polar surface area (TPSA) is 74.6 Å². The molecule has 14 heavy (non-hydrogen) atoms. The van der Waals surface area contributed by atoms with Gasteiger partial charge >= 0.3 is 7.60 Å². The van der Waals surface area contributed by atoms with Crippen LogP contribution >= 0.6 is 18.9 Å². The van der Waals surface area contributed by atoms with Crippen LogP contribution < -0.4 is 0 Å². The number of rotatable bonds is 5. The van der Waals surface area contributed by atoms with Crippen LogP contribution in [0.5, 0.6) is 0 Å². The third kappa shape index (κ3) is 4.67. The van der Waals surface area contributed by atoms with Crippen LogP contribution in [0.25, 0.3) is 0 Å². The van der Waals surface area contributed by atoms with E-state index in [0.29, 0.717) is 6.42 Å². The first-order chi connectivity index (χ1) is 6.47. The second kappa shape index (κ2) is 4.84. The van der Waals surface area contributed by atoms with Gasteiger partial charge in [0.15, 0.2) is 0 Å². The van der Waals surface area contributed by atoms with E-state index in [9.17, 15) is 9.36 Å². The van der Waals surface area contributed by atoms with E-state index >= 15 is 0 Å². The van der Waals surface area contributed by atoms with Gasteiger partial charge in [0.2, 0.25) is 0 Å². The van der Waals surface area contributed by atoms with E-state index < -0.39 is 13.8 Å². The lowest BCUT2D eigenvalue weighted by atomic mass is 10.2. The molecule has 0 aliphatic carbocycles. The highest BCUT2D eigenvalue weighted by atomic mass is 32.1. The molecule has 0 saturated carbocycles. The zero-order valence-corrected chi connectivity index (χ0v) is 9.13. The first-order valence-electron chi connectivity index (χ1n) is 4.06. The van der Waals surface area contributed by atoms with Crippen LogP contribution in [0, 0.1) is 0 Å². The normalized spacial score (nSPS) is 11.6. The molecule has 0 bridgehead atoms. The van der Waals surface area contributed by atoms with Gasteiger partial charge in [-0.2, -0.15) is 0 Å². The molecule has 0 unspecified atom stereocenters. The maximum atomic E-state index is 11.1. The third-order valence-corrected chi connectivity index (χ3v) is 3.31. The number of Topliss-reactive ketones (excluding diaryl/α,β-unsaturated/α-hetero) is 1. The van der Waals surface area contributed by atoms with Crippen LogP contribution in [0.15, 0.2) is 17.5 Å². The lowest BCUT2D eigenvalue weighted by Gasteiger charge is -2.01. The third-order valence-electron chi connectivity index (χ3n) is 1.61. The smallest absolute Gasteiger partial charge is 0.324 e. The molecule has 0 fully saturated rings. The van der Waals surface area contributed by atoms with Gasteiger partial charge in [0.1, 0.15) is 11.9 Å². The Labute approximate surface area is 85.7 Å². The van der Waals surface area contributed by atoms with Gasteiger partial charge in [-0.3, -0.25) is 9.36 Å². The summed E-state index contributed by atoms with van der Waals surface area (Å²) in [5.74, 6) is -0.383. The monoisotopic (exact) mass is 234 g/mol. The molecule has 0 radical (unpaired) electrons. The summed E-state index contributed by atoms with van der Waals surface area (Å²) in [4.78, 5) is 29.2. The van der Waals surface area contributed by atoms with Crippen LogP contribution in [-0.4, -0.2) is 21.7 Å². The average molecular weight is 234 g/mol. The van der Waals surface area contributed by atoms with E-state index in [1.165, 1.54) is 11.3 Å². The van der Waals surface area contributed by atoms with Gasteiger partial charge in [0.05, 0.1) is 0 Å². The average Bonchev–Trinajstić information content (AvgIpc) is 2.49. The molecule has 0 aromatic carbocycles. The highest BCUT2D eigenvalue weighted by Crippen LogP contribution is 2.34. The van der Waals surface area contributed by atoms with E-state index in [4.69, 9.17) is 9.79 Å². The predicted molar refractivity (Wildman–Crippen MR) is 54.6 cm³/mol. The summed E-state index contributed by atoms with van der Waals surface area (Å²) >= 11 is 1.54. The number of thiophene rings is 1. The van der Waals surface area contributed by atoms with Gasteiger partial charge in [-0.05, 0) is 17.9 Å². The fourth-order valence-electron chi connectivity index (χ4n) is 1.03. The summed E-state index contributed by atoms with van der Waals surface area (Å²) < 4.78 is 10.5. The molecule has 0 saturated heterocycles. The van der Waals surface area contributed by atoms with E-state index in [0.717, 1.165) is 4.88 Å². The van der Waals surface area contributed by atoms with Gasteiger partial charge in [-0.25, -0.2) is 0 Å². The number of ketones is 1. The first-order valence-corrected chi connectivity index (χ1v) is 6.74. The molecule has 6 heteroatoms. The van der Waals surface area contributed by atoms with E-state index in [2.05, 4.69) is 0 Å². The van der Waals surface area contributed by atoms with Crippen molar-refractivity contribution in [2.75, 3.05) is 6.16 Å². The summed E-state index contributed by atoms with van der Waals surface area (Å²) in [7, 11) is -4.17. The van der Waals surface area contributed by atoms with Crippen molar-refractivity contribution in [3.8, 4) is 0 Å². The van der Waals surface area contributed by atoms with Crippen molar-refractivity contribution < 1.29 is 19.1 Å². The molecule has 0 atom stereocenters. The standard InChI is InChI=1S/C8H11O4PS/c9-7(6-13(10,11)12)3-4-8-2-1-5-14-8/h1-2,5H,3-4,6H2,(H2,10,11,12). The highest BCUT2D eigenvalue weighted by molar-refractivity contribution is 7.52. The van der Waals surface area contributed by atoms with E-state index in [-0.39, 0.29) is 12.2 Å². The Morgan fingerprint density at radius 3 is 2.71 bits per heavy atom. The summed E-state index contributed by atoms with van der Waals surface area (Å²) in [6, 6.07) is 3.78. The number of aryl methyl sites for hydroxylation is 1. The van der Waals surface area contributed by atoms with Crippen molar-refractivity contribution in [2.24, 2.45) is 0 Å². The molecule has 0 amide bonds. The van der Waals surface area contributed by atoms with E-state index in [1.54, 1.807) is 0 Å². The number of hydrogen-bond donors (Lipinski definition) is 2. The van der Waals surface area contributed by atoms with Gasteiger partial charge in [-0.15, -0.1) is 11.3 Å². The molecular formula is C8H11O4PS. The highest BCUT2D eigenvalue weighted by Gasteiger charge is 2.18. The SMILES string of the molecule is O=C(CCc1cccs1)CP(=O)(O)O. The lowest BCUT2D eigenvalue weighted by molar-refractivity contribution is -0.116. The molecule has 0 aliphatic heterocycles.